The number of likely N-dealkylation sites (N-methyl/N-ethyl adjacent to an activating group) is 1. The molecule has 4 heteroatoms. The molecule has 0 atom stereocenters. The summed E-state index contributed by atoms with van der Waals surface area (Å²) in [6.45, 7) is 5.37. The molecule has 4 nitrogen and oxygen atoms in total. The Balaban J connectivity index is 1.79. The van der Waals surface area contributed by atoms with E-state index in [9.17, 15) is 9.59 Å². The first-order chi connectivity index (χ1) is 11.6. The molecule has 0 saturated heterocycles. The maximum Gasteiger partial charge on any atom is 0.242 e. The minimum Gasteiger partial charge on any atom is -0.347 e. The summed E-state index contributed by atoms with van der Waals surface area (Å²) in [6, 6.07) is 8.10. The molecule has 0 unspecified atom stereocenters. The molecule has 1 aliphatic rings. The van der Waals surface area contributed by atoms with Crippen LogP contribution < -0.4 is 5.32 Å². The predicted molar refractivity (Wildman–Crippen MR) is 96.5 cm³/mol. The third-order valence-electron chi connectivity index (χ3n) is 4.99. The number of benzene rings is 1. The van der Waals surface area contributed by atoms with E-state index in [0.29, 0.717) is 25.4 Å². The Labute approximate surface area is 145 Å². The monoisotopic (exact) mass is 330 g/mol. The van der Waals surface area contributed by atoms with Crippen molar-refractivity contribution in [1.82, 2.24) is 10.2 Å². The Kier molecular flexibility index (Phi) is 7.29. The lowest BCUT2D eigenvalue weighted by Gasteiger charge is -2.23. The molecule has 1 N–H and O–H groups in total. The highest BCUT2D eigenvalue weighted by Crippen LogP contribution is 2.26. The molecule has 0 radical (unpaired) electrons. The van der Waals surface area contributed by atoms with Gasteiger partial charge in [-0.15, -0.1) is 0 Å². The smallest absolute Gasteiger partial charge is 0.242 e. The van der Waals surface area contributed by atoms with Gasteiger partial charge in [-0.3, -0.25) is 9.59 Å². The van der Waals surface area contributed by atoms with Gasteiger partial charge in [-0.1, -0.05) is 43.5 Å². The molecule has 0 spiro atoms. The fourth-order valence-corrected chi connectivity index (χ4v) is 3.38. The highest BCUT2D eigenvalue weighted by atomic mass is 16.2. The molecule has 0 heterocycles. The maximum atomic E-state index is 12.4. The second-order valence-corrected chi connectivity index (χ2v) is 6.82. The molecule has 24 heavy (non-hydrogen) atoms. The number of nitrogens with one attached hydrogen (secondary N) is 1. The van der Waals surface area contributed by atoms with Crippen molar-refractivity contribution in [2.75, 3.05) is 13.1 Å². The number of nitrogens with zero attached hydrogens (tertiary/aromatic N) is 1. The molecule has 2 rings (SSSR count). The van der Waals surface area contributed by atoms with E-state index in [0.717, 1.165) is 18.4 Å². The van der Waals surface area contributed by atoms with Gasteiger partial charge >= 0.3 is 0 Å². The number of rotatable bonds is 7. The number of amides is 2. The number of hydrogen-bond donors (Lipinski definition) is 1. The van der Waals surface area contributed by atoms with Crippen molar-refractivity contribution >= 4 is 11.8 Å². The minimum absolute atomic E-state index is 0.0159. The largest absolute Gasteiger partial charge is 0.347 e. The number of hydrogen-bond acceptors (Lipinski definition) is 2. The van der Waals surface area contributed by atoms with Crippen molar-refractivity contribution in [1.29, 1.82) is 0 Å². The summed E-state index contributed by atoms with van der Waals surface area (Å²) in [4.78, 5) is 26.2. The normalized spacial score (nSPS) is 15.1. The molecular weight excluding hydrogens is 300 g/mol. The van der Waals surface area contributed by atoms with Gasteiger partial charge in [0.05, 0.1) is 6.54 Å². The van der Waals surface area contributed by atoms with Gasteiger partial charge in [-0.25, -0.2) is 0 Å². The van der Waals surface area contributed by atoms with Gasteiger partial charge in [0.2, 0.25) is 11.8 Å². The molecule has 1 aromatic rings. The minimum atomic E-state index is -0.0160. The quantitative estimate of drug-likeness (QED) is 0.832. The molecule has 1 fully saturated rings. The summed E-state index contributed by atoms with van der Waals surface area (Å²) in [7, 11) is 0. The van der Waals surface area contributed by atoms with Crippen molar-refractivity contribution in [3.63, 3.8) is 0 Å². The van der Waals surface area contributed by atoms with Gasteiger partial charge < -0.3 is 10.2 Å². The van der Waals surface area contributed by atoms with Crippen molar-refractivity contribution in [2.24, 2.45) is 5.92 Å². The lowest BCUT2D eigenvalue weighted by atomic mass is 9.87. The number of aryl methyl sites for hydroxylation is 1. The third kappa shape index (κ3) is 5.66. The fraction of sp³-hybridized carbons (Fsp3) is 0.600. The van der Waals surface area contributed by atoms with E-state index < -0.39 is 0 Å². The number of carbonyl (C=O) groups is 2. The highest BCUT2D eigenvalue weighted by Gasteiger charge is 2.18. The van der Waals surface area contributed by atoms with E-state index in [2.05, 4.69) is 18.3 Å². The summed E-state index contributed by atoms with van der Waals surface area (Å²) in [5, 5.41) is 2.81. The van der Waals surface area contributed by atoms with E-state index >= 15 is 0 Å². The van der Waals surface area contributed by atoms with Crippen molar-refractivity contribution < 1.29 is 9.59 Å². The van der Waals surface area contributed by atoms with Crippen LogP contribution in [0.1, 0.15) is 56.6 Å². The Morgan fingerprint density at radius 2 is 1.88 bits per heavy atom. The first-order valence-electron chi connectivity index (χ1n) is 9.19. The summed E-state index contributed by atoms with van der Waals surface area (Å²) in [5.74, 6) is 0.503. The molecule has 1 saturated carbocycles. The van der Waals surface area contributed by atoms with Crippen LogP contribution in [0.4, 0.5) is 0 Å². The van der Waals surface area contributed by atoms with Crippen LogP contribution in [0.25, 0.3) is 0 Å². The molecular formula is C20H30N2O2. The average Bonchev–Trinajstić information content (AvgIpc) is 2.60. The molecule has 132 valence electrons. The Morgan fingerprint density at radius 3 is 2.54 bits per heavy atom. The van der Waals surface area contributed by atoms with Crippen LogP contribution in [-0.2, 0) is 16.1 Å². The molecule has 0 bridgehead atoms. The Bertz CT molecular complexity index is 550. The number of carbonyl (C=O) groups excluding carboxylic acids is 2. The summed E-state index contributed by atoms with van der Waals surface area (Å²) in [6.07, 6.45) is 6.62. The van der Waals surface area contributed by atoms with Crippen LogP contribution in [0, 0.1) is 12.8 Å². The van der Waals surface area contributed by atoms with E-state index in [-0.39, 0.29) is 18.4 Å². The summed E-state index contributed by atoms with van der Waals surface area (Å²) in [5.41, 5.74) is 2.34. The van der Waals surface area contributed by atoms with Crippen LogP contribution in [-0.4, -0.2) is 29.8 Å². The van der Waals surface area contributed by atoms with Crippen LogP contribution in [0.2, 0.25) is 0 Å². The van der Waals surface area contributed by atoms with Crippen molar-refractivity contribution in [3.8, 4) is 0 Å². The molecule has 2 amide bonds. The summed E-state index contributed by atoms with van der Waals surface area (Å²) < 4.78 is 0. The summed E-state index contributed by atoms with van der Waals surface area (Å²) >= 11 is 0. The molecule has 1 aromatic carbocycles. The molecule has 0 aliphatic heterocycles. The van der Waals surface area contributed by atoms with E-state index in [1.807, 2.05) is 25.1 Å². The van der Waals surface area contributed by atoms with Gasteiger partial charge in [0.15, 0.2) is 0 Å². The maximum absolute atomic E-state index is 12.4. The van der Waals surface area contributed by atoms with E-state index in [1.165, 1.54) is 24.8 Å². The fourth-order valence-electron chi connectivity index (χ4n) is 3.38. The molecule has 1 aliphatic carbocycles. The van der Waals surface area contributed by atoms with E-state index in [1.54, 1.807) is 4.90 Å². The van der Waals surface area contributed by atoms with Gasteiger partial charge in [-0.05, 0) is 43.7 Å². The second-order valence-electron chi connectivity index (χ2n) is 6.82. The highest BCUT2D eigenvalue weighted by molar-refractivity contribution is 5.84. The van der Waals surface area contributed by atoms with Gasteiger partial charge in [0.1, 0.15) is 0 Å². The Hall–Kier alpha value is -1.84. The van der Waals surface area contributed by atoms with Gasteiger partial charge in [-0.2, -0.15) is 0 Å². The SMILES string of the molecule is CCN(Cc1ccccc1C)C(=O)CNC(=O)CC1CCCCC1. The standard InChI is InChI=1S/C20H30N2O2/c1-3-22(15-18-12-8-7-9-16(18)2)20(24)14-21-19(23)13-17-10-5-4-6-11-17/h7-9,12,17H,3-6,10-11,13-15H2,1-2H3,(H,21,23). The van der Waals surface area contributed by atoms with Crippen molar-refractivity contribution in [2.45, 2.75) is 58.9 Å². The topological polar surface area (TPSA) is 49.4 Å². The average molecular weight is 330 g/mol. The lowest BCUT2D eigenvalue weighted by molar-refractivity contribution is -0.133. The van der Waals surface area contributed by atoms with Crippen LogP contribution in [0.5, 0.6) is 0 Å². The lowest BCUT2D eigenvalue weighted by Crippen LogP contribution is -2.40. The van der Waals surface area contributed by atoms with Crippen LogP contribution in [0.15, 0.2) is 24.3 Å². The van der Waals surface area contributed by atoms with Crippen molar-refractivity contribution in [3.05, 3.63) is 35.4 Å². The van der Waals surface area contributed by atoms with Crippen LogP contribution in [0.3, 0.4) is 0 Å². The zero-order chi connectivity index (χ0) is 17.4. The zero-order valence-corrected chi connectivity index (χ0v) is 15.0. The third-order valence-corrected chi connectivity index (χ3v) is 4.99. The Morgan fingerprint density at radius 1 is 1.17 bits per heavy atom. The second kappa shape index (κ2) is 9.45. The van der Waals surface area contributed by atoms with Crippen LogP contribution >= 0.6 is 0 Å². The van der Waals surface area contributed by atoms with Gasteiger partial charge in [0, 0.05) is 19.5 Å². The first kappa shape index (κ1) is 18.5. The predicted octanol–water partition coefficient (Wildman–Crippen LogP) is 3.43. The van der Waals surface area contributed by atoms with E-state index in [4.69, 9.17) is 0 Å². The van der Waals surface area contributed by atoms with Gasteiger partial charge in [0.25, 0.3) is 0 Å². The zero-order valence-electron chi connectivity index (χ0n) is 15.0. The molecule has 0 aromatic heterocycles. The first-order valence-corrected chi connectivity index (χ1v) is 9.19.